The van der Waals surface area contributed by atoms with Crippen molar-refractivity contribution >= 4 is 226 Å². The lowest BCUT2D eigenvalue weighted by Gasteiger charge is -2.12. The van der Waals surface area contributed by atoms with Crippen LogP contribution in [0.3, 0.4) is 0 Å². The number of nitrogens with zero attached hydrogens (tertiary/aromatic N) is 1. The Hall–Kier alpha value is -7.99. The number of hydrogen-bond donors (Lipinski definition) is 0. The molecule has 0 N–H and O–H groups in total. The molecule has 0 saturated heterocycles. The van der Waals surface area contributed by atoms with Gasteiger partial charge in [-0.15, -0.1) is 129 Å². The number of halogens is 2. The number of fused-ring (bicyclic) bond motifs is 10. The molecule has 6 unspecified atom stereocenters. The molecule has 0 bridgehead atoms. The molecular formula is C101H91BrClNO12S11. The number of methoxy groups -OCH3 is 1. The van der Waals surface area contributed by atoms with Gasteiger partial charge in [0.25, 0.3) is 0 Å². The van der Waals surface area contributed by atoms with E-state index in [2.05, 4.69) is 47.1 Å². The van der Waals surface area contributed by atoms with Crippen molar-refractivity contribution in [2.75, 3.05) is 49.6 Å². The number of anilines is 1. The second kappa shape index (κ2) is 44.3. The molecule has 0 aromatic heterocycles. The lowest BCUT2D eigenvalue weighted by atomic mass is 10.0. The van der Waals surface area contributed by atoms with Crippen molar-refractivity contribution in [2.45, 2.75) is 158 Å². The first-order chi connectivity index (χ1) is 60.6. The molecule has 0 fully saturated rings. The Bertz CT molecular complexity index is 5930. The maximum atomic E-state index is 12.3. The fourth-order valence-corrected chi connectivity index (χ4v) is 26.1. The first-order valence-electron chi connectivity index (χ1n) is 40.4. The third-order valence-electron chi connectivity index (χ3n) is 20.8. The van der Waals surface area contributed by atoms with E-state index in [0.717, 1.165) is 117 Å². The zero-order valence-electron chi connectivity index (χ0n) is 72.0. The number of carbonyl (C=O) groups is 11. The largest absolute Gasteiger partial charge is 0.497 e. The number of thioether (sulfide) groups is 11. The van der Waals surface area contributed by atoms with Gasteiger partial charge >= 0.3 is 0 Å². The van der Waals surface area contributed by atoms with Gasteiger partial charge in [-0.2, -0.15) is 0 Å². The Morgan fingerprint density at radius 1 is 0.409 bits per heavy atom. The maximum absolute atomic E-state index is 12.3. The highest BCUT2D eigenvalue weighted by molar-refractivity contribution is 9.11. The first kappa shape index (κ1) is 98.1. The highest BCUT2D eigenvalue weighted by Crippen LogP contribution is 2.47. The summed E-state index contributed by atoms with van der Waals surface area (Å²) in [4.78, 5) is 142. The van der Waals surface area contributed by atoms with Gasteiger partial charge in [-0.1, -0.05) is 147 Å². The minimum absolute atomic E-state index is 0.0541. The average Bonchev–Trinajstić information content (AvgIpc) is 1.70. The summed E-state index contributed by atoms with van der Waals surface area (Å²) in [6.07, 6.45) is 2.04. The van der Waals surface area contributed by atoms with E-state index in [9.17, 15) is 52.7 Å². The number of carbonyl (C=O) groups excluding carboxylic acids is 11. The van der Waals surface area contributed by atoms with Crippen molar-refractivity contribution in [3.05, 3.63) is 313 Å². The van der Waals surface area contributed by atoms with Crippen LogP contribution >= 0.6 is 157 Å². The Balaban J connectivity index is 0.000000129. The number of aryl methyl sites for hydroxylation is 4. The zero-order chi connectivity index (χ0) is 91.4. The second-order valence-electron chi connectivity index (χ2n) is 30.9. The van der Waals surface area contributed by atoms with Crippen molar-refractivity contribution < 1.29 is 57.5 Å². The molecule has 0 spiro atoms. The molecule has 652 valence electrons. The molecule has 0 amide bonds. The number of Topliss-reactive ketones (excluding diaryl/α,β-unsaturated/α-hetero) is 11. The van der Waals surface area contributed by atoms with E-state index >= 15 is 0 Å². The third-order valence-corrected chi connectivity index (χ3v) is 34.3. The summed E-state index contributed by atoms with van der Waals surface area (Å²) in [5.74, 6) is 4.63. The van der Waals surface area contributed by atoms with Gasteiger partial charge in [0.1, 0.15) is 15.2 Å². The fourth-order valence-electron chi connectivity index (χ4n) is 14.0. The van der Waals surface area contributed by atoms with Crippen molar-refractivity contribution in [2.24, 2.45) is 0 Å². The van der Waals surface area contributed by atoms with Crippen LogP contribution in [-0.4, -0.2) is 143 Å². The maximum Gasteiger partial charge on any atom is 0.187 e. The fraction of sp³-hybridized carbons (Fsp3) is 0.238. The molecule has 0 radical (unpaired) electrons. The van der Waals surface area contributed by atoms with Gasteiger partial charge in [0.15, 0.2) is 63.6 Å². The standard InChI is InChI=1S/C15H10O2S.C11H12OS.C10H11NOS.2C10H10OS.C9H7BrOS.C9H7ClOS.C9H8O2S.C9H8OS2.C9H8OS/c16-13(10-6-2-1-3-7-10)15-14(17)11-8-4-5-9-12(11)18-15;1-6-4-7(2)11-9(5-6)10(12)8(3)13-11;1-11(2)7-3-4-8-9(12)6-13-10(8)5-7;1-6-3-4-9-8(5-6)10(11)7(2)12-9;1-10(2)9(11)7-5-3-4-6-8(7)12-10;1-5-2-3-7-6(4-5)8(11)9(10)12-7;1-5-9(11)7-4-6(10)2-3-8(7)12-5;2*1-11-6-2-3-7-8(10)5-12-9(7)4-6;1-6-9(10)7-4-2-3-5-8(7)11-6/h1-9,15H;4-5,8H,1-3H3;3-5H,6H2,1-2H3;3-5,7H,1-2H3;3-6H,1-2H3;2-4,9H,1H3;2-5H,1H3;2*2-4H,5H2,1H3;2-6H,1H3. The number of alkyl halides is 1. The normalized spacial score (nSPS) is 18.6. The highest BCUT2D eigenvalue weighted by atomic mass is 79.9. The van der Waals surface area contributed by atoms with Crippen molar-refractivity contribution in [3.63, 3.8) is 0 Å². The molecular weight excluding hydrogens is 1890 g/mol. The Kier molecular flexibility index (Phi) is 34.2. The summed E-state index contributed by atoms with van der Waals surface area (Å²) >= 11 is 26.8. The van der Waals surface area contributed by atoms with Gasteiger partial charge in [0.05, 0.1) is 50.1 Å². The van der Waals surface area contributed by atoms with Crippen LogP contribution in [0.1, 0.15) is 178 Å². The predicted molar refractivity (Wildman–Crippen MR) is 537 cm³/mol. The van der Waals surface area contributed by atoms with Gasteiger partial charge in [0, 0.05) is 140 Å². The predicted octanol–water partition coefficient (Wildman–Crippen LogP) is 26.7. The molecule has 0 saturated carbocycles. The molecule has 10 aliphatic heterocycles. The Morgan fingerprint density at radius 2 is 0.843 bits per heavy atom. The van der Waals surface area contributed by atoms with E-state index in [1.165, 1.54) is 32.7 Å². The van der Waals surface area contributed by atoms with Crippen molar-refractivity contribution in [3.8, 4) is 5.75 Å². The van der Waals surface area contributed by atoms with Crippen LogP contribution < -0.4 is 9.64 Å². The second-order valence-corrected chi connectivity index (χ2v) is 46.2. The highest BCUT2D eigenvalue weighted by Gasteiger charge is 2.40. The topological polar surface area (TPSA) is 200 Å². The molecule has 13 nitrogen and oxygen atoms in total. The van der Waals surface area contributed by atoms with Crippen LogP contribution in [0, 0.1) is 27.7 Å². The van der Waals surface area contributed by atoms with Gasteiger partial charge in [-0.05, 0) is 202 Å². The number of ketones is 11. The van der Waals surface area contributed by atoms with Crippen LogP contribution in [0.4, 0.5) is 5.69 Å². The number of hydrogen-bond acceptors (Lipinski definition) is 24. The molecule has 11 aromatic rings. The molecule has 10 heterocycles. The van der Waals surface area contributed by atoms with Gasteiger partial charge in [0.2, 0.25) is 0 Å². The Labute approximate surface area is 802 Å². The lowest BCUT2D eigenvalue weighted by molar-refractivity contribution is 0.0899. The monoisotopic (exact) mass is 1980 g/mol. The first-order valence-corrected chi connectivity index (χ1v) is 52.0. The van der Waals surface area contributed by atoms with Crippen LogP contribution in [0.25, 0.3) is 0 Å². The minimum Gasteiger partial charge on any atom is -0.497 e. The summed E-state index contributed by atoms with van der Waals surface area (Å²) in [7, 11) is 5.63. The van der Waals surface area contributed by atoms with Crippen molar-refractivity contribution in [1.82, 2.24) is 0 Å². The number of ether oxygens (including phenoxy) is 1. The molecule has 6 atom stereocenters. The van der Waals surface area contributed by atoms with E-state index in [4.69, 9.17) is 16.3 Å². The summed E-state index contributed by atoms with van der Waals surface area (Å²) in [6.45, 7) is 19.9. The van der Waals surface area contributed by atoms with E-state index in [0.29, 0.717) is 33.4 Å². The molecule has 0 aliphatic carbocycles. The minimum atomic E-state index is -0.621. The summed E-state index contributed by atoms with van der Waals surface area (Å²) in [5, 5.41) is 0.407. The summed E-state index contributed by atoms with van der Waals surface area (Å²) in [6, 6.07) is 71.2. The SMILES string of the molecule is CC1(C)Sc2ccccc2C1=O.CC1Sc2ccc(Cl)cc2C1=O.CC1Sc2ccccc2C1=O.CN(C)c1ccc2c(c1)SCC2=O.COc1ccc2c(c1)SCC2=O.CSc1ccc2c(c1)SCC2=O.Cc1cc(C)c2c(c1)C(=O)C(C)S2.Cc1ccc2c(c1)C(=O)C(Br)S2.Cc1ccc2c(c1)C(=O)C(C)S2.O=C(c1ccccc1)C1Sc2ccccc2C1=O. The van der Waals surface area contributed by atoms with Gasteiger partial charge < -0.3 is 9.64 Å². The molecule has 11 aromatic carbocycles. The quantitative estimate of drug-likeness (QED) is 0.0681. The third kappa shape index (κ3) is 24.0. The van der Waals surface area contributed by atoms with Crippen LogP contribution in [0.2, 0.25) is 5.02 Å². The zero-order valence-corrected chi connectivity index (χ0v) is 83.4. The molecule has 127 heavy (non-hydrogen) atoms. The van der Waals surface area contributed by atoms with Gasteiger partial charge in [-0.3, -0.25) is 52.7 Å². The molecule has 26 heteroatoms. The van der Waals surface area contributed by atoms with Crippen LogP contribution in [0.5, 0.6) is 5.75 Å². The molecule has 21 rings (SSSR count). The van der Waals surface area contributed by atoms with Crippen LogP contribution in [-0.2, 0) is 0 Å². The van der Waals surface area contributed by atoms with Gasteiger partial charge in [-0.25, -0.2) is 0 Å². The average molecular weight is 1980 g/mol. The summed E-state index contributed by atoms with van der Waals surface area (Å²) in [5.41, 5.74) is 15.0. The lowest BCUT2D eigenvalue weighted by Crippen LogP contribution is -2.23. The Morgan fingerprint density at radius 3 is 1.38 bits per heavy atom. The van der Waals surface area contributed by atoms with E-state index in [1.54, 1.807) is 149 Å². The number of rotatable bonds is 5. The van der Waals surface area contributed by atoms with E-state index in [-0.39, 0.29) is 93.5 Å². The van der Waals surface area contributed by atoms with E-state index in [1.807, 2.05) is 263 Å². The van der Waals surface area contributed by atoms with Crippen LogP contribution in [0.15, 0.2) is 278 Å². The van der Waals surface area contributed by atoms with Crippen molar-refractivity contribution in [1.29, 1.82) is 0 Å². The molecule has 10 aliphatic rings. The number of benzene rings is 11. The summed E-state index contributed by atoms with van der Waals surface area (Å²) < 4.78 is 4.72. The van der Waals surface area contributed by atoms with E-state index < -0.39 is 5.25 Å². The smallest absolute Gasteiger partial charge is 0.187 e.